The standard InChI is InChI=1S/C12H10ClN3O/c1-2-5-15-12(17)8-16-11-4-3-10(13)6-9(11)7-14/h1,3-4,6,16H,5,8H2,(H,15,17). The monoisotopic (exact) mass is 247 g/mol. The van der Waals surface area contributed by atoms with Gasteiger partial charge in [-0.2, -0.15) is 5.26 Å². The summed E-state index contributed by atoms with van der Waals surface area (Å²) in [5, 5.41) is 14.7. The number of carbonyl (C=O) groups is 1. The number of hydrogen-bond donors (Lipinski definition) is 2. The SMILES string of the molecule is C#CCNC(=O)CNc1ccc(Cl)cc1C#N. The van der Waals surface area contributed by atoms with E-state index in [0.717, 1.165) is 0 Å². The van der Waals surface area contributed by atoms with Crippen molar-refractivity contribution in [1.82, 2.24) is 5.32 Å². The number of nitriles is 1. The Labute approximate surface area is 105 Å². The molecular formula is C12H10ClN3O. The Morgan fingerprint density at radius 2 is 2.29 bits per heavy atom. The van der Waals surface area contributed by atoms with Crippen molar-refractivity contribution in [3.63, 3.8) is 0 Å². The van der Waals surface area contributed by atoms with Crippen molar-refractivity contribution in [3.8, 4) is 18.4 Å². The molecule has 0 atom stereocenters. The fraction of sp³-hybridized carbons (Fsp3) is 0.167. The van der Waals surface area contributed by atoms with Crippen LogP contribution in [-0.4, -0.2) is 19.0 Å². The van der Waals surface area contributed by atoms with Crippen LogP contribution in [0.15, 0.2) is 18.2 Å². The lowest BCUT2D eigenvalue weighted by Gasteiger charge is -2.07. The average Bonchev–Trinajstić information content (AvgIpc) is 2.34. The zero-order chi connectivity index (χ0) is 12.7. The Morgan fingerprint density at radius 3 is 2.94 bits per heavy atom. The summed E-state index contributed by atoms with van der Waals surface area (Å²) in [5.74, 6) is 2.06. The van der Waals surface area contributed by atoms with E-state index >= 15 is 0 Å². The molecule has 0 bridgehead atoms. The number of nitrogens with zero attached hydrogens (tertiary/aromatic N) is 1. The van der Waals surface area contributed by atoms with Gasteiger partial charge in [-0.3, -0.25) is 4.79 Å². The molecule has 0 radical (unpaired) electrons. The van der Waals surface area contributed by atoms with Gasteiger partial charge in [-0.25, -0.2) is 0 Å². The van der Waals surface area contributed by atoms with Crippen molar-refractivity contribution in [1.29, 1.82) is 5.26 Å². The van der Waals surface area contributed by atoms with Crippen molar-refractivity contribution >= 4 is 23.2 Å². The third-order valence-corrected chi connectivity index (χ3v) is 2.16. The van der Waals surface area contributed by atoms with Crippen LogP contribution in [0.3, 0.4) is 0 Å². The minimum absolute atomic E-state index is 0.0536. The van der Waals surface area contributed by atoms with E-state index in [4.69, 9.17) is 23.3 Å². The van der Waals surface area contributed by atoms with Crippen LogP contribution < -0.4 is 10.6 Å². The van der Waals surface area contributed by atoms with Gasteiger partial charge in [0.15, 0.2) is 0 Å². The number of nitrogens with one attached hydrogen (secondary N) is 2. The van der Waals surface area contributed by atoms with Crippen LogP contribution in [0.2, 0.25) is 5.02 Å². The smallest absolute Gasteiger partial charge is 0.240 e. The van der Waals surface area contributed by atoms with Gasteiger partial charge < -0.3 is 10.6 Å². The maximum absolute atomic E-state index is 11.3. The number of hydrogen-bond acceptors (Lipinski definition) is 3. The van der Waals surface area contributed by atoms with E-state index in [0.29, 0.717) is 16.3 Å². The van der Waals surface area contributed by atoms with E-state index < -0.39 is 0 Å². The van der Waals surface area contributed by atoms with Gasteiger partial charge in [-0.05, 0) is 18.2 Å². The molecule has 4 nitrogen and oxygen atoms in total. The van der Waals surface area contributed by atoms with E-state index in [1.54, 1.807) is 12.1 Å². The second-order valence-corrected chi connectivity index (χ2v) is 3.57. The van der Waals surface area contributed by atoms with Crippen molar-refractivity contribution in [2.24, 2.45) is 0 Å². The molecule has 0 aliphatic carbocycles. The Hall–Kier alpha value is -2.17. The van der Waals surface area contributed by atoms with Crippen LogP contribution in [0.1, 0.15) is 5.56 Å². The molecule has 17 heavy (non-hydrogen) atoms. The van der Waals surface area contributed by atoms with Crippen molar-refractivity contribution in [2.45, 2.75) is 0 Å². The first kappa shape index (κ1) is 12.9. The summed E-state index contributed by atoms with van der Waals surface area (Å²) in [5.41, 5.74) is 0.954. The van der Waals surface area contributed by atoms with Crippen LogP contribution in [0.5, 0.6) is 0 Å². The molecule has 1 aromatic carbocycles. The zero-order valence-corrected chi connectivity index (χ0v) is 9.71. The van der Waals surface area contributed by atoms with Crippen LogP contribution in [-0.2, 0) is 4.79 Å². The molecule has 86 valence electrons. The van der Waals surface area contributed by atoms with E-state index in [1.165, 1.54) is 6.07 Å². The largest absolute Gasteiger partial charge is 0.375 e. The molecule has 0 heterocycles. The number of halogens is 1. The topological polar surface area (TPSA) is 64.9 Å². The van der Waals surface area contributed by atoms with Crippen molar-refractivity contribution in [2.75, 3.05) is 18.4 Å². The van der Waals surface area contributed by atoms with Gasteiger partial charge in [0, 0.05) is 5.02 Å². The highest BCUT2D eigenvalue weighted by molar-refractivity contribution is 6.30. The Morgan fingerprint density at radius 1 is 1.53 bits per heavy atom. The number of benzene rings is 1. The van der Waals surface area contributed by atoms with Gasteiger partial charge in [-0.15, -0.1) is 6.42 Å². The Bertz CT molecular complexity index is 499. The second kappa shape index (κ2) is 6.42. The molecule has 1 rings (SSSR count). The van der Waals surface area contributed by atoms with E-state index in [2.05, 4.69) is 16.6 Å². The molecule has 5 heteroatoms. The van der Waals surface area contributed by atoms with E-state index in [9.17, 15) is 4.79 Å². The van der Waals surface area contributed by atoms with Gasteiger partial charge in [-0.1, -0.05) is 17.5 Å². The van der Waals surface area contributed by atoms with Crippen molar-refractivity contribution < 1.29 is 4.79 Å². The molecule has 0 aromatic heterocycles. The molecule has 2 N–H and O–H groups in total. The first-order valence-electron chi connectivity index (χ1n) is 4.81. The summed E-state index contributed by atoms with van der Waals surface area (Å²) >= 11 is 5.75. The van der Waals surface area contributed by atoms with Crippen LogP contribution in [0, 0.1) is 23.7 Å². The molecule has 1 aromatic rings. The first-order chi connectivity index (χ1) is 8.17. The maximum Gasteiger partial charge on any atom is 0.240 e. The quantitative estimate of drug-likeness (QED) is 0.790. The molecule has 0 saturated heterocycles. The van der Waals surface area contributed by atoms with E-state index in [1.807, 2.05) is 6.07 Å². The predicted octanol–water partition coefficient (Wildman–Crippen LogP) is 1.37. The molecule has 1 amide bonds. The van der Waals surface area contributed by atoms with Gasteiger partial charge in [0.1, 0.15) is 6.07 Å². The fourth-order valence-electron chi connectivity index (χ4n) is 1.15. The zero-order valence-electron chi connectivity index (χ0n) is 8.96. The highest BCUT2D eigenvalue weighted by Gasteiger charge is 2.04. The molecule has 0 unspecified atom stereocenters. The number of amides is 1. The van der Waals surface area contributed by atoms with Gasteiger partial charge >= 0.3 is 0 Å². The van der Waals surface area contributed by atoms with Crippen molar-refractivity contribution in [3.05, 3.63) is 28.8 Å². The molecule has 0 aliphatic heterocycles. The minimum atomic E-state index is -0.234. The number of terminal acetylenes is 1. The van der Waals surface area contributed by atoms with Crippen LogP contribution >= 0.6 is 11.6 Å². The summed E-state index contributed by atoms with van der Waals surface area (Å²) < 4.78 is 0. The second-order valence-electron chi connectivity index (χ2n) is 3.14. The average molecular weight is 248 g/mol. The normalized spacial score (nSPS) is 8.88. The summed E-state index contributed by atoms with van der Waals surface area (Å²) in [6.45, 7) is 0.240. The summed E-state index contributed by atoms with van der Waals surface area (Å²) in [7, 11) is 0. The third kappa shape index (κ3) is 4.06. The Balaban J connectivity index is 2.61. The number of rotatable bonds is 4. The first-order valence-corrected chi connectivity index (χ1v) is 5.19. The summed E-state index contributed by atoms with van der Waals surface area (Å²) in [6.07, 6.45) is 5.00. The minimum Gasteiger partial charge on any atom is -0.375 e. The van der Waals surface area contributed by atoms with Gasteiger partial charge in [0.2, 0.25) is 5.91 Å². The molecule has 0 saturated carbocycles. The lowest BCUT2D eigenvalue weighted by atomic mass is 10.2. The highest BCUT2D eigenvalue weighted by atomic mass is 35.5. The summed E-state index contributed by atoms with van der Waals surface area (Å²) in [4.78, 5) is 11.3. The predicted molar refractivity (Wildman–Crippen MR) is 66.5 cm³/mol. The summed E-state index contributed by atoms with van der Waals surface area (Å²) in [6, 6.07) is 6.81. The molecule has 0 spiro atoms. The fourth-order valence-corrected chi connectivity index (χ4v) is 1.32. The highest BCUT2D eigenvalue weighted by Crippen LogP contribution is 2.19. The van der Waals surface area contributed by atoms with E-state index in [-0.39, 0.29) is 19.0 Å². The number of carbonyl (C=O) groups excluding carboxylic acids is 1. The van der Waals surface area contributed by atoms with Gasteiger partial charge in [0.05, 0.1) is 24.3 Å². The lowest BCUT2D eigenvalue weighted by Crippen LogP contribution is -2.30. The Kier molecular flexibility index (Phi) is 4.87. The van der Waals surface area contributed by atoms with Crippen LogP contribution in [0.4, 0.5) is 5.69 Å². The maximum atomic E-state index is 11.3. The molecule has 0 fully saturated rings. The van der Waals surface area contributed by atoms with Crippen LogP contribution in [0.25, 0.3) is 0 Å². The third-order valence-electron chi connectivity index (χ3n) is 1.93. The number of anilines is 1. The molecular weight excluding hydrogens is 238 g/mol. The molecule has 0 aliphatic rings. The lowest BCUT2D eigenvalue weighted by molar-refractivity contribution is -0.119. The van der Waals surface area contributed by atoms with Gasteiger partial charge in [0.25, 0.3) is 0 Å².